The zero-order valence-corrected chi connectivity index (χ0v) is 17.1. The lowest BCUT2D eigenvalue weighted by Gasteiger charge is -2.39. The number of imidazole rings is 1. The monoisotopic (exact) mass is 404 g/mol. The van der Waals surface area contributed by atoms with E-state index in [0.29, 0.717) is 35.3 Å². The maximum Gasteiger partial charge on any atom is 0.253 e. The van der Waals surface area contributed by atoms with E-state index in [9.17, 15) is 4.79 Å². The Labute approximate surface area is 175 Å². The van der Waals surface area contributed by atoms with Crippen LogP contribution >= 0.6 is 11.6 Å². The van der Waals surface area contributed by atoms with Gasteiger partial charge in [0.1, 0.15) is 5.82 Å². The summed E-state index contributed by atoms with van der Waals surface area (Å²) in [7, 11) is 0. The second-order valence-electron chi connectivity index (χ2n) is 7.37. The van der Waals surface area contributed by atoms with Crippen LogP contribution in [0.25, 0.3) is 11.3 Å². The molecule has 2 heterocycles. The Morgan fingerprint density at radius 1 is 1.28 bits per heavy atom. The summed E-state index contributed by atoms with van der Waals surface area (Å²) in [5.41, 5.74) is 5.15. The molecule has 1 aromatic heterocycles. The number of amides is 1. The molecule has 2 aromatic carbocycles. The first-order chi connectivity index (χ1) is 14.0. The van der Waals surface area contributed by atoms with E-state index in [1.54, 1.807) is 0 Å². The van der Waals surface area contributed by atoms with E-state index < -0.39 is 0 Å². The summed E-state index contributed by atoms with van der Waals surface area (Å²) in [6, 6.07) is 15.4. The standard InChI is InChI=1S/C23H21ClN4O/c1-3-20-26-21(22(24)27-20)19-10-17(7-4-14(19)2)23(29)28-12-18(13-28)16-8-5-15(11-25)6-9-16/h4-10,18H,3,12-13H2,1-2H3,(H,26,27). The first kappa shape index (κ1) is 19.2. The van der Waals surface area contributed by atoms with Crippen molar-refractivity contribution < 1.29 is 4.79 Å². The summed E-state index contributed by atoms with van der Waals surface area (Å²) in [4.78, 5) is 22.4. The van der Waals surface area contributed by atoms with Crippen LogP contribution in [0.1, 0.15) is 45.7 Å². The van der Waals surface area contributed by atoms with E-state index in [4.69, 9.17) is 16.9 Å². The number of rotatable bonds is 4. The highest BCUT2D eigenvalue weighted by Gasteiger charge is 2.32. The number of carbonyl (C=O) groups is 1. The third-order valence-corrected chi connectivity index (χ3v) is 5.75. The van der Waals surface area contributed by atoms with Crippen molar-refractivity contribution in [2.24, 2.45) is 0 Å². The lowest BCUT2D eigenvalue weighted by atomic mass is 9.90. The molecule has 1 aliphatic rings. The first-order valence-electron chi connectivity index (χ1n) is 9.65. The van der Waals surface area contributed by atoms with Crippen molar-refractivity contribution in [3.63, 3.8) is 0 Å². The zero-order chi connectivity index (χ0) is 20.5. The third-order valence-electron chi connectivity index (χ3n) is 5.48. The number of carbonyl (C=O) groups excluding carboxylic acids is 1. The van der Waals surface area contributed by atoms with Crippen LogP contribution in [0, 0.1) is 18.3 Å². The van der Waals surface area contributed by atoms with E-state index in [0.717, 1.165) is 34.6 Å². The SMILES string of the molecule is CCc1nc(Cl)c(-c2cc(C(=O)N3CC(c4ccc(C#N)cc4)C3)ccc2C)[nH]1. The predicted octanol–water partition coefficient (Wildman–Crippen LogP) is 4.71. The first-order valence-corrected chi connectivity index (χ1v) is 10.0. The van der Waals surface area contributed by atoms with Crippen molar-refractivity contribution in [2.75, 3.05) is 13.1 Å². The number of nitrogens with zero attached hydrogens (tertiary/aromatic N) is 3. The topological polar surface area (TPSA) is 72.8 Å². The number of hydrogen-bond donors (Lipinski definition) is 1. The van der Waals surface area contributed by atoms with Gasteiger partial charge in [-0.05, 0) is 42.3 Å². The minimum Gasteiger partial charge on any atom is -0.341 e. The molecule has 29 heavy (non-hydrogen) atoms. The quantitative estimate of drug-likeness (QED) is 0.684. The van der Waals surface area contributed by atoms with Gasteiger partial charge in [-0.25, -0.2) is 4.98 Å². The Kier molecular flexibility index (Phi) is 5.12. The number of likely N-dealkylation sites (tertiary alicyclic amines) is 1. The van der Waals surface area contributed by atoms with E-state index in [2.05, 4.69) is 16.0 Å². The second kappa shape index (κ2) is 7.73. The Balaban J connectivity index is 1.51. The van der Waals surface area contributed by atoms with Crippen LogP contribution in [0.2, 0.25) is 5.15 Å². The number of aromatic nitrogens is 2. The molecule has 0 unspecified atom stereocenters. The van der Waals surface area contributed by atoms with Crippen LogP contribution in [0.4, 0.5) is 0 Å². The zero-order valence-electron chi connectivity index (χ0n) is 16.4. The van der Waals surface area contributed by atoms with Gasteiger partial charge in [-0.3, -0.25) is 4.79 Å². The minimum atomic E-state index is 0.0162. The van der Waals surface area contributed by atoms with E-state index in [-0.39, 0.29) is 5.91 Å². The fourth-order valence-electron chi connectivity index (χ4n) is 3.64. The highest BCUT2D eigenvalue weighted by molar-refractivity contribution is 6.32. The Morgan fingerprint density at radius 2 is 2.00 bits per heavy atom. The van der Waals surface area contributed by atoms with Crippen LogP contribution in [-0.2, 0) is 6.42 Å². The van der Waals surface area contributed by atoms with Gasteiger partial charge in [0.25, 0.3) is 5.91 Å². The van der Waals surface area contributed by atoms with Crippen molar-refractivity contribution in [1.29, 1.82) is 5.26 Å². The van der Waals surface area contributed by atoms with Crippen molar-refractivity contribution in [1.82, 2.24) is 14.9 Å². The fraction of sp³-hybridized carbons (Fsp3) is 0.261. The van der Waals surface area contributed by atoms with Gasteiger partial charge in [0.15, 0.2) is 5.15 Å². The number of H-pyrrole nitrogens is 1. The average Bonchev–Trinajstić information content (AvgIpc) is 3.08. The lowest BCUT2D eigenvalue weighted by Crippen LogP contribution is -2.48. The minimum absolute atomic E-state index is 0.0162. The van der Waals surface area contributed by atoms with Crippen LogP contribution in [-0.4, -0.2) is 33.9 Å². The predicted molar refractivity (Wildman–Crippen MR) is 113 cm³/mol. The van der Waals surface area contributed by atoms with Crippen molar-refractivity contribution in [2.45, 2.75) is 26.2 Å². The third kappa shape index (κ3) is 3.64. The number of hydrogen-bond acceptors (Lipinski definition) is 3. The maximum atomic E-state index is 13.0. The molecule has 1 saturated heterocycles. The van der Waals surface area contributed by atoms with Gasteiger partial charge in [0, 0.05) is 36.6 Å². The van der Waals surface area contributed by atoms with E-state index in [1.807, 2.05) is 61.2 Å². The molecule has 0 saturated carbocycles. The highest BCUT2D eigenvalue weighted by atomic mass is 35.5. The molecule has 6 heteroatoms. The molecule has 1 fully saturated rings. The van der Waals surface area contributed by atoms with Gasteiger partial charge in [0.2, 0.25) is 0 Å². The number of halogens is 1. The van der Waals surface area contributed by atoms with Crippen molar-refractivity contribution in [3.8, 4) is 17.3 Å². The lowest BCUT2D eigenvalue weighted by molar-refractivity contribution is 0.0602. The van der Waals surface area contributed by atoms with Crippen LogP contribution < -0.4 is 0 Å². The summed E-state index contributed by atoms with van der Waals surface area (Å²) in [5, 5.41) is 9.35. The smallest absolute Gasteiger partial charge is 0.253 e. The molecule has 5 nitrogen and oxygen atoms in total. The summed E-state index contributed by atoms with van der Waals surface area (Å²) in [5.74, 6) is 1.16. The number of benzene rings is 2. The van der Waals surface area contributed by atoms with Gasteiger partial charge < -0.3 is 9.88 Å². The molecule has 0 radical (unpaired) electrons. The summed E-state index contributed by atoms with van der Waals surface area (Å²) in [6.07, 6.45) is 0.766. The van der Waals surface area contributed by atoms with Gasteiger partial charge >= 0.3 is 0 Å². The fourth-order valence-corrected chi connectivity index (χ4v) is 3.89. The Bertz CT molecular complexity index is 1100. The number of aryl methyl sites for hydroxylation is 2. The second-order valence-corrected chi connectivity index (χ2v) is 7.73. The molecule has 0 aliphatic carbocycles. The van der Waals surface area contributed by atoms with Gasteiger partial charge in [0.05, 0.1) is 17.3 Å². The summed E-state index contributed by atoms with van der Waals surface area (Å²) in [6.45, 7) is 5.37. The highest BCUT2D eigenvalue weighted by Crippen LogP contribution is 2.32. The van der Waals surface area contributed by atoms with Gasteiger partial charge in [-0.2, -0.15) is 5.26 Å². The average molecular weight is 405 g/mol. The molecule has 1 amide bonds. The molecular weight excluding hydrogens is 384 g/mol. The molecule has 0 spiro atoms. The van der Waals surface area contributed by atoms with Gasteiger partial charge in [-0.1, -0.05) is 36.7 Å². The molecule has 1 aliphatic heterocycles. The summed E-state index contributed by atoms with van der Waals surface area (Å²) >= 11 is 6.31. The molecule has 4 rings (SSSR count). The van der Waals surface area contributed by atoms with E-state index in [1.165, 1.54) is 0 Å². The maximum absolute atomic E-state index is 13.0. The molecule has 146 valence electrons. The molecule has 0 bridgehead atoms. The van der Waals surface area contributed by atoms with Crippen LogP contribution in [0.3, 0.4) is 0 Å². The number of nitriles is 1. The number of aromatic amines is 1. The summed E-state index contributed by atoms with van der Waals surface area (Å²) < 4.78 is 0. The van der Waals surface area contributed by atoms with Crippen LogP contribution in [0.15, 0.2) is 42.5 Å². The molecule has 3 aromatic rings. The van der Waals surface area contributed by atoms with Crippen molar-refractivity contribution >= 4 is 17.5 Å². The van der Waals surface area contributed by atoms with Gasteiger partial charge in [-0.15, -0.1) is 0 Å². The normalized spacial score (nSPS) is 13.8. The molecular formula is C23H21ClN4O. The molecule has 0 atom stereocenters. The van der Waals surface area contributed by atoms with Crippen LogP contribution in [0.5, 0.6) is 0 Å². The largest absolute Gasteiger partial charge is 0.341 e. The Hall–Kier alpha value is -3.10. The van der Waals surface area contributed by atoms with E-state index >= 15 is 0 Å². The molecule has 1 N–H and O–H groups in total. The van der Waals surface area contributed by atoms with Crippen molar-refractivity contribution in [3.05, 3.63) is 75.7 Å². The number of nitrogens with one attached hydrogen (secondary N) is 1. The Morgan fingerprint density at radius 3 is 2.62 bits per heavy atom.